The molecule has 1 aromatic heterocycles. The molecule has 1 heterocycles. The third-order valence-electron chi connectivity index (χ3n) is 6.08. The Morgan fingerprint density at radius 2 is 1.53 bits per heavy atom. The number of hydrogen-bond donors (Lipinski definition) is 2. The van der Waals surface area contributed by atoms with Gasteiger partial charge in [-0.3, -0.25) is 4.79 Å². The molecule has 2 N–H and O–H groups in total. The molecule has 2 unspecified atom stereocenters. The second-order valence-electron chi connectivity index (χ2n) is 8.54. The molecule has 186 valence electrons. The Morgan fingerprint density at radius 3 is 2.17 bits per heavy atom. The fourth-order valence-electron chi connectivity index (χ4n) is 4.17. The van der Waals surface area contributed by atoms with Crippen molar-refractivity contribution >= 4 is 0 Å². The molecule has 0 saturated heterocycles. The van der Waals surface area contributed by atoms with Crippen molar-refractivity contribution in [2.45, 2.75) is 25.6 Å². The normalized spacial score (nSPS) is 12.7. The third-order valence-corrected chi connectivity index (χ3v) is 6.08. The molecule has 0 radical (unpaired) electrons. The number of hydrogen-bond acceptors (Lipinski definition) is 6. The number of rotatable bonds is 10. The molecule has 0 aliphatic carbocycles. The summed E-state index contributed by atoms with van der Waals surface area (Å²) >= 11 is 0. The van der Waals surface area contributed by atoms with E-state index in [0.717, 1.165) is 16.7 Å². The summed E-state index contributed by atoms with van der Waals surface area (Å²) in [5.74, 6) is 1.85. The van der Waals surface area contributed by atoms with Crippen molar-refractivity contribution in [1.29, 1.82) is 0 Å². The van der Waals surface area contributed by atoms with E-state index in [1.807, 2.05) is 90.4 Å². The maximum atomic E-state index is 12.5. The van der Waals surface area contributed by atoms with Gasteiger partial charge in [0, 0.05) is 24.2 Å². The lowest BCUT2D eigenvalue weighted by atomic mass is 10.1. The second kappa shape index (κ2) is 11.7. The lowest BCUT2D eigenvalue weighted by Gasteiger charge is -2.23. The zero-order chi connectivity index (χ0) is 25.5. The first-order valence-electron chi connectivity index (χ1n) is 11.9. The standard InChI is InChI=1S/C29H31N3O4/c1-20(23-14-15-26(35-2)27(16-23)36-3)30-18-24(33)19-32-25(21-10-6-4-7-11-21)17-28(34)31-29(32)22-12-8-5-9-13-22/h4-17,20,24,30,33H,18-19H2,1-3H3. The van der Waals surface area contributed by atoms with Crippen molar-refractivity contribution in [2.75, 3.05) is 20.8 Å². The molecule has 3 aromatic carbocycles. The fraction of sp³-hybridized carbons (Fsp3) is 0.241. The van der Waals surface area contributed by atoms with E-state index in [1.165, 1.54) is 6.07 Å². The lowest BCUT2D eigenvalue weighted by molar-refractivity contribution is 0.148. The summed E-state index contributed by atoms with van der Waals surface area (Å²) < 4.78 is 12.7. The number of methoxy groups -OCH3 is 2. The summed E-state index contributed by atoms with van der Waals surface area (Å²) in [5, 5.41) is 14.5. The first-order chi connectivity index (χ1) is 17.5. The number of ether oxygens (including phenoxy) is 2. The van der Waals surface area contributed by atoms with Gasteiger partial charge in [-0.15, -0.1) is 0 Å². The van der Waals surface area contributed by atoms with E-state index in [-0.39, 0.29) is 18.1 Å². The quantitative estimate of drug-likeness (QED) is 0.348. The summed E-state index contributed by atoms with van der Waals surface area (Å²) in [6.45, 7) is 2.62. The lowest BCUT2D eigenvalue weighted by Crippen LogP contribution is -2.33. The smallest absolute Gasteiger partial charge is 0.273 e. The molecule has 0 aliphatic heterocycles. The van der Waals surface area contributed by atoms with Crippen LogP contribution < -0.4 is 20.3 Å². The van der Waals surface area contributed by atoms with Gasteiger partial charge in [0.2, 0.25) is 0 Å². The Balaban J connectivity index is 1.59. The zero-order valence-corrected chi connectivity index (χ0v) is 20.7. The number of nitrogens with one attached hydrogen (secondary N) is 1. The highest BCUT2D eigenvalue weighted by Gasteiger charge is 2.18. The van der Waals surface area contributed by atoms with Crippen molar-refractivity contribution in [1.82, 2.24) is 14.9 Å². The van der Waals surface area contributed by atoms with Gasteiger partial charge in [0.25, 0.3) is 5.56 Å². The van der Waals surface area contributed by atoms with Gasteiger partial charge in [-0.25, -0.2) is 0 Å². The number of aromatic nitrogens is 2. The zero-order valence-electron chi connectivity index (χ0n) is 20.7. The molecule has 7 nitrogen and oxygen atoms in total. The van der Waals surface area contributed by atoms with E-state index in [1.54, 1.807) is 14.2 Å². The molecule has 7 heteroatoms. The molecule has 4 rings (SSSR count). The van der Waals surface area contributed by atoms with Gasteiger partial charge in [-0.1, -0.05) is 66.7 Å². The van der Waals surface area contributed by atoms with Crippen LogP contribution in [0.3, 0.4) is 0 Å². The van der Waals surface area contributed by atoms with Crippen LogP contribution >= 0.6 is 0 Å². The van der Waals surface area contributed by atoms with Crippen LogP contribution in [0, 0.1) is 0 Å². The van der Waals surface area contributed by atoms with Crippen LogP contribution in [0.15, 0.2) is 89.7 Å². The molecule has 4 aromatic rings. The Hall–Kier alpha value is -3.94. The molecule has 0 bridgehead atoms. The number of aliphatic hydroxyl groups is 1. The topological polar surface area (TPSA) is 85.6 Å². The number of benzene rings is 3. The van der Waals surface area contributed by atoms with Gasteiger partial charge in [0.1, 0.15) is 5.82 Å². The predicted octanol–water partition coefficient (Wildman–Crippen LogP) is 4.31. The highest BCUT2D eigenvalue weighted by atomic mass is 16.5. The average Bonchev–Trinajstić information content (AvgIpc) is 2.92. The summed E-state index contributed by atoms with van der Waals surface area (Å²) in [7, 11) is 3.21. The minimum absolute atomic E-state index is 0.0335. The van der Waals surface area contributed by atoms with Crippen LogP contribution in [0.4, 0.5) is 0 Å². The summed E-state index contributed by atoms with van der Waals surface area (Å²) in [6, 6.07) is 26.5. The third kappa shape index (κ3) is 5.82. The second-order valence-corrected chi connectivity index (χ2v) is 8.54. The predicted molar refractivity (Wildman–Crippen MR) is 141 cm³/mol. The monoisotopic (exact) mass is 485 g/mol. The molecule has 0 spiro atoms. The maximum absolute atomic E-state index is 12.5. The Bertz CT molecular complexity index is 1280. The highest BCUT2D eigenvalue weighted by molar-refractivity contribution is 5.64. The van der Waals surface area contributed by atoms with E-state index < -0.39 is 6.10 Å². The van der Waals surface area contributed by atoms with Gasteiger partial charge in [-0.2, -0.15) is 4.98 Å². The minimum atomic E-state index is -0.734. The SMILES string of the molecule is COc1ccc(C(C)NCC(O)Cn2c(-c3ccccc3)cc(=O)nc2-c2ccccc2)cc1OC. The fourth-order valence-corrected chi connectivity index (χ4v) is 4.17. The highest BCUT2D eigenvalue weighted by Crippen LogP contribution is 2.30. The summed E-state index contributed by atoms with van der Waals surface area (Å²) in [6.07, 6.45) is -0.734. The van der Waals surface area contributed by atoms with Crippen LogP contribution in [-0.2, 0) is 6.54 Å². The largest absolute Gasteiger partial charge is 0.493 e. The van der Waals surface area contributed by atoms with Crippen molar-refractivity contribution in [2.24, 2.45) is 0 Å². The molecule has 0 aliphatic rings. The van der Waals surface area contributed by atoms with Crippen LogP contribution in [0.2, 0.25) is 0 Å². The molecular formula is C29H31N3O4. The Labute approximate surface area is 211 Å². The molecular weight excluding hydrogens is 454 g/mol. The minimum Gasteiger partial charge on any atom is -0.493 e. The molecule has 0 amide bonds. The van der Waals surface area contributed by atoms with Crippen LogP contribution in [-0.4, -0.2) is 41.5 Å². The summed E-state index contributed by atoms with van der Waals surface area (Å²) in [4.78, 5) is 16.9. The van der Waals surface area contributed by atoms with E-state index in [0.29, 0.717) is 29.6 Å². The Morgan fingerprint density at radius 1 is 0.889 bits per heavy atom. The molecule has 2 atom stereocenters. The van der Waals surface area contributed by atoms with Gasteiger partial charge in [0.15, 0.2) is 11.5 Å². The van der Waals surface area contributed by atoms with Crippen molar-refractivity contribution in [3.05, 3.63) is 101 Å². The van der Waals surface area contributed by atoms with Crippen molar-refractivity contribution in [3.8, 4) is 34.1 Å². The van der Waals surface area contributed by atoms with Crippen LogP contribution in [0.1, 0.15) is 18.5 Å². The Kier molecular flexibility index (Phi) is 8.15. The maximum Gasteiger partial charge on any atom is 0.273 e. The van der Waals surface area contributed by atoms with E-state index in [4.69, 9.17) is 9.47 Å². The average molecular weight is 486 g/mol. The summed E-state index contributed by atoms with van der Waals surface area (Å²) in [5.41, 5.74) is 3.10. The first kappa shape index (κ1) is 25.2. The van der Waals surface area contributed by atoms with E-state index in [9.17, 15) is 9.90 Å². The van der Waals surface area contributed by atoms with Gasteiger partial charge >= 0.3 is 0 Å². The first-order valence-corrected chi connectivity index (χ1v) is 11.9. The van der Waals surface area contributed by atoms with Gasteiger partial charge in [0.05, 0.1) is 32.6 Å². The number of aliphatic hydroxyl groups excluding tert-OH is 1. The van der Waals surface area contributed by atoms with E-state index >= 15 is 0 Å². The number of nitrogens with zero attached hydrogens (tertiary/aromatic N) is 2. The van der Waals surface area contributed by atoms with Crippen molar-refractivity contribution < 1.29 is 14.6 Å². The van der Waals surface area contributed by atoms with Crippen molar-refractivity contribution in [3.63, 3.8) is 0 Å². The van der Waals surface area contributed by atoms with Crippen LogP contribution in [0.25, 0.3) is 22.6 Å². The molecule has 36 heavy (non-hydrogen) atoms. The van der Waals surface area contributed by atoms with Gasteiger partial charge < -0.3 is 24.5 Å². The van der Waals surface area contributed by atoms with Gasteiger partial charge in [-0.05, 0) is 30.2 Å². The molecule has 0 fully saturated rings. The van der Waals surface area contributed by atoms with E-state index in [2.05, 4.69) is 10.3 Å². The molecule has 0 saturated carbocycles. The van der Waals surface area contributed by atoms with Crippen LogP contribution in [0.5, 0.6) is 11.5 Å².